The first kappa shape index (κ1) is 13.2. The standard InChI is InChI=1S/C13H18N2O2S/c1-9-4-5-12(13(8-9)15(16)17)14-6-7-18-11(3)10(14)2/h4-5,8,10-11H,6-7H2,1-3H3. The summed E-state index contributed by atoms with van der Waals surface area (Å²) in [5, 5.41) is 11.7. The molecule has 98 valence electrons. The number of thioether (sulfide) groups is 1. The first-order valence-corrected chi connectivity index (χ1v) is 7.19. The van der Waals surface area contributed by atoms with Crippen LogP contribution in [0.5, 0.6) is 0 Å². The van der Waals surface area contributed by atoms with E-state index in [1.807, 2.05) is 30.8 Å². The van der Waals surface area contributed by atoms with Crippen molar-refractivity contribution in [3.63, 3.8) is 0 Å². The fourth-order valence-electron chi connectivity index (χ4n) is 2.30. The Morgan fingerprint density at radius 3 is 2.83 bits per heavy atom. The van der Waals surface area contributed by atoms with Crippen molar-refractivity contribution in [2.75, 3.05) is 17.2 Å². The molecule has 0 saturated carbocycles. The van der Waals surface area contributed by atoms with E-state index in [1.54, 1.807) is 6.07 Å². The minimum Gasteiger partial charge on any atom is -0.361 e. The first-order valence-electron chi connectivity index (χ1n) is 6.14. The third kappa shape index (κ3) is 2.46. The second-order valence-corrected chi connectivity index (χ2v) is 6.24. The van der Waals surface area contributed by atoms with Gasteiger partial charge in [-0.3, -0.25) is 10.1 Å². The highest BCUT2D eigenvalue weighted by Gasteiger charge is 2.29. The normalized spacial score (nSPS) is 24.1. The Bertz CT molecular complexity index is 464. The molecule has 1 saturated heterocycles. The topological polar surface area (TPSA) is 46.4 Å². The summed E-state index contributed by atoms with van der Waals surface area (Å²) in [4.78, 5) is 13.1. The van der Waals surface area contributed by atoms with Crippen LogP contribution in [0.2, 0.25) is 0 Å². The number of rotatable bonds is 2. The van der Waals surface area contributed by atoms with Crippen molar-refractivity contribution in [1.82, 2.24) is 0 Å². The molecule has 1 heterocycles. The van der Waals surface area contributed by atoms with E-state index in [9.17, 15) is 10.1 Å². The molecule has 1 aliphatic heterocycles. The van der Waals surface area contributed by atoms with E-state index >= 15 is 0 Å². The summed E-state index contributed by atoms with van der Waals surface area (Å²) in [6, 6.07) is 5.81. The smallest absolute Gasteiger partial charge is 0.292 e. The number of hydrogen-bond acceptors (Lipinski definition) is 4. The van der Waals surface area contributed by atoms with Crippen molar-refractivity contribution in [1.29, 1.82) is 0 Å². The lowest BCUT2D eigenvalue weighted by atomic mass is 10.1. The zero-order chi connectivity index (χ0) is 13.3. The Labute approximate surface area is 112 Å². The van der Waals surface area contributed by atoms with E-state index < -0.39 is 0 Å². The minimum absolute atomic E-state index is 0.223. The van der Waals surface area contributed by atoms with Crippen molar-refractivity contribution in [2.24, 2.45) is 0 Å². The average molecular weight is 266 g/mol. The molecule has 0 spiro atoms. The molecule has 2 unspecified atom stereocenters. The molecule has 2 rings (SSSR count). The van der Waals surface area contributed by atoms with Crippen LogP contribution in [0.3, 0.4) is 0 Å². The molecule has 0 radical (unpaired) electrons. The summed E-state index contributed by atoms with van der Waals surface area (Å²) in [7, 11) is 0. The van der Waals surface area contributed by atoms with Gasteiger partial charge in [-0.25, -0.2) is 0 Å². The van der Waals surface area contributed by atoms with Crippen molar-refractivity contribution < 1.29 is 4.92 Å². The van der Waals surface area contributed by atoms with Crippen LogP contribution in [0.15, 0.2) is 18.2 Å². The molecule has 1 fully saturated rings. The van der Waals surface area contributed by atoms with Gasteiger partial charge < -0.3 is 4.90 Å². The van der Waals surface area contributed by atoms with Gasteiger partial charge in [0.1, 0.15) is 5.69 Å². The number of nitro groups is 1. The quantitative estimate of drug-likeness (QED) is 0.609. The van der Waals surface area contributed by atoms with E-state index in [0.717, 1.165) is 23.5 Å². The van der Waals surface area contributed by atoms with Crippen LogP contribution < -0.4 is 4.90 Å². The Balaban J connectivity index is 2.40. The third-order valence-corrected chi connectivity index (χ3v) is 4.86. The Hall–Kier alpha value is -1.23. The highest BCUT2D eigenvalue weighted by molar-refractivity contribution is 8.00. The Morgan fingerprint density at radius 1 is 1.44 bits per heavy atom. The van der Waals surface area contributed by atoms with Crippen LogP contribution in [0.4, 0.5) is 11.4 Å². The lowest BCUT2D eigenvalue weighted by molar-refractivity contribution is -0.384. The van der Waals surface area contributed by atoms with Gasteiger partial charge in [0.05, 0.1) is 4.92 Å². The van der Waals surface area contributed by atoms with Gasteiger partial charge in [-0.1, -0.05) is 13.0 Å². The van der Waals surface area contributed by atoms with Crippen LogP contribution in [0, 0.1) is 17.0 Å². The van der Waals surface area contributed by atoms with Crippen LogP contribution in [-0.2, 0) is 0 Å². The molecule has 0 bridgehead atoms. The van der Waals surface area contributed by atoms with Crippen molar-refractivity contribution in [3.05, 3.63) is 33.9 Å². The van der Waals surface area contributed by atoms with Crippen LogP contribution in [0.1, 0.15) is 19.4 Å². The third-order valence-electron chi connectivity index (χ3n) is 3.52. The van der Waals surface area contributed by atoms with Crippen LogP contribution in [0.25, 0.3) is 0 Å². The lowest BCUT2D eigenvalue weighted by Crippen LogP contribution is -2.45. The molecule has 1 aliphatic rings. The van der Waals surface area contributed by atoms with Crippen LogP contribution >= 0.6 is 11.8 Å². The number of benzene rings is 1. The predicted molar refractivity (Wildman–Crippen MR) is 76.6 cm³/mol. The van der Waals surface area contributed by atoms with Gasteiger partial charge in [0, 0.05) is 29.7 Å². The molecule has 0 N–H and O–H groups in total. The van der Waals surface area contributed by atoms with Crippen molar-refractivity contribution in [2.45, 2.75) is 32.1 Å². The molecule has 2 atom stereocenters. The van der Waals surface area contributed by atoms with Gasteiger partial charge in [-0.15, -0.1) is 0 Å². The van der Waals surface area contributed by atoms with Crippen LogP contribution in [-0.4, -0.2) is 28.5 Å². The number of anilines is 1. The van der Waals surface area contributed by atoms with Gasteiger partial charge in [-0.05, 0) is 25.5 Å². The fourth-order valence-corrected chi connectivity index (χ4v) is 3.39. The summed E-state index contributed by atoms with van der Waals surface area (Å²) in [5.41, 5.74) is 1.91. The SMILES string of the molecule is Cc1ccc(N2CCSC(C)C2C)c([N+](=O)[O-])c1. The minimum atomic E-state index is -0.276. The maximum Gasteiger partial charge on any atom is 0.292 e. The van der Waals surface area contributed by atoms with E-state index in [-0.39, 0.29) is 10.6 Å². The maximum absolute atomic E-state index is 11.2. The number of aryl methyl sites for hydroxylation is 1. The lowest BCUT2D eigenvalue weighted by Gasteiger charge is -2.38. The van der Waals surface area contributed by atoms with Gasteiger partial charge in [0.15, 0.2) is 0 Å². The molecule has 0 amide bonds. The number of nitro benzene ring substituents is 1. The summed E-state index contributed by atoms with van der Waals surface area (Å²) in [6.07, 6.45) is 0. The summed E-state index contributed by atoms with van der Waals surface area (Å²) >= 11 is 1.93. The highest BCUT2D eigenvalue weighted by Crippen LogP contribution is 2.35. The average Bonchev–Trinajstić information content (AvgIpc) is 2.33. The number of hydrogen-bond donors (Lipinski definition) is 0. The molecule has 4 nitrogen and oxygen atoms in total. The number of nitrogens with zero attached hydrogens (tertiary/aromatic N) is 2. The van der Waals surface area contributed by atoms with E-state index in [4.69, 9.17) is 0 Å². The van der Waals surface area contributed by atoms with Gasteiger partial charge in [0.2, 0.25) is 0 Å². The molecular formula is C13H18N2O2S. The molecular weight excluding hydrogens is 248 g/mol. The van der Waals surface area contributed by atoms with E-state index in [0.29, 0.717) is 11.3 Å². The predicted octanol–water partition coefficient (Wildman–Crippen LogP) is 3.23. The summed E-state index contributed by atoms with van der Waals surface area (Å²) in [6.45, 7) is 7.08. The summed E-state index contributed by atoms with van der Waals surface area (Å²) < 4.78 is 0. The fraction of sp³-hybridized carbons (Fsp3) is 0.538. The molecule has 1 aromatic carbocycles. The zero-order valence-electron chi connectivity index (χ0n) is 10.9. The van der Waals surface area contributed by atoms with Crippen molar-refractivity contribution in [3.8, 4) is 0 Å². The highest BCUT2D eigenvalue weighted by atomic mass is 32.2. The summed E-state index contributed by atoms with van der Waals surface area (Å²) in [5.74, 6) is 1.02. The monoisotopic (exact) mass is 266 g/mol. The van der Waals surface area contributed by atoms with Gasteiger partial charge >= 0.3 is 0 Å². The molecule has 18 heavy (non-hydrogen) atoms. The maximum atomic E-state index is 11.2. The molecule has 5 heteroatoms. The van der Waals surface area contributed by atoms with Gasteiger partial charge in [-0.2, -0.15) is 11.8 Å². The van der Waals surface area contributed by atoms with Gasteiger partial charge in [0.25, 0.3) is 5.69 Å². The molecule has 1 aromatic rings. The first-order chi connectivity index (χ1) is 8.50. The molecule has 0 aromatic heterocycles. The molecule has 0 aliphatic carbocycles. The van der Waals surface area contributed by atoms with E-state index in [1.165, 1.54) is 0 Å². The largest absolute Gasteiger partial charge is 0.361 e. The second-order valence-electron chi connectivity index (χ2n) is 4.76. The Kier molecular flexibility index (Phi) is 3.80. The Morgan fingerprint density at radius 2 is 2.17 bits per heavy atom. The van der Waals surface area contributed by atoms with E-state index in [2.05, 4.69) is 18.7 Å². The zero-order valence-corrected chi connectivity index (χ0v) is 11.7. The second kappa shape index (κ2) is 5.18. The van der Waals surface area contributed by atoms with Crippen molar-refractivity contribution >= 4 is 23.1 Å².